The predicted molar refractivity (Wildman–Crippen MR) is 95.6 cm³/mol. The molecule has 2 atom stereocenters. The molecule has 1 N–H and O–H groups in total. The quantitative estimate of drug-likeness (QED) is 0.491. The summed E-state index contributed by atoms with van der Waals surface area (Å²) in [4.78, 5) is 12.0. The van der Waals surface area contributed by atoms with Gasteiger partial charge in [0.05, 0.1) is 5.41 Å². The second kappa shape index (κ2) is 10.6. The van der Waals surface area contributed by atoms with Gasteiger partial charge in [0.2, 0.25) is 0 Å². The third-order valence-corrected chi connectivity index (χ3v) is 4.99. The fourth-order valence-corrected chi connectivity index (χ4v) is 3.49. The molecule has 23 heavy (non-hydrogen) atoms. The number of allylic oxidation sites excluding steroid dienone is 3. The number of carboxylic acid groups (broad SMARTS) is 1. The first-order valence-electron chi connectivity index (χ1n) is 9.16. The molecule has 0 aromatic heterocycles. The van der Waals surface area contributed by atoms with Crippen LogP contribution in [-0.4, -0.2) is 24.8 Å². The van der Waals surface area contributed by atoms with Gasteiger partial charge in [-0.05, 0) is 25.7 Å². The molecule has 0 spiro atoms. The van der Waals surface area contributed by atoms with Crippen molar-refractivity contribution in [1.29, 1.82) is 0 Å². The zero-order valence-corrected chi connectivity index (χ0v) is 15.1. The van der Waals surface area contributed by atoms with E-state index in [0.29, 0.717) is 6.61 Å². The largest absolute Gasteiger partial charge is 0.481 e. The van der Waals surface area contributed by atoms with Crippen molar-refractivity contribution in [3.8, 4) is 0 Å². The molecule has 0 fully saturated rings. The third kappa shape index (κ3) is 6.14. The van der Waals surface area contributed by atoms with Gasteiger partial charge in [0, 0.05) is 13.7 Å². The lowest BCUT2D eigenvalue weighted by Crippen LogP contribution is -2.38. The second-order valence-electron chi connectivity index (χ2n) is 6.85. The van der Waals surface area contributed by atoms with Gasteiger partial charge in [-0.1, -0.05) is 75.7 Å². The minimum Gasteiger partial charge on any atom is -0.481 e. The second-order valence-corrected chi connectivity index (χ2v) is 6.85. The van der Waals surface area contributed by atoms with Crippen LogP contribution in [0.4, 0.5) is 0 Å². The van der Waals surface area contributed by atoms with Gasteiger partial charge in [0.1, 0.15) is 0 Å². The van der Waals surface area contributed by atoms with Crippen LogP contribution in [0.2, 0.25) is 0 Å². The number of carbonyl (C=O) groups is 1. The number of unbranched alkanes of at least 4 members (excludes halogenated alkanes) is 6. The summed E-state index contributed by atoms with van der Waals surface area (Å²) in [6.07, 6.45) is 16.0. The molecule has 2 unspecified atom stereocenters. The van der Waals surface area contributed by atoms with E-state index in [4.69, 9.17) is 4.74 Å². The van der Waals surface area contributed by atoms with Crippen LogP contribution in [0, 0.1) is 11.3 Å². The summed E-state index contributed by atoms with van der Waals surface area (Å²) in [7, 11) is 1.67. The van der Waals surface area contributed by atoms with E-state index < -0.39 is 11.4 Å². The smallest absolute Gasteiger partial charge is 0.314 e. The third-order valence-electron chi connectivity index (χ3n) is 4.99. The maximum atomic E-state index is 12.0. The maximum Gasteiger partial charge on any atom is 0.314 e. The van der Waals surface area contributed by atoms with Crippen LogP contribution >= 0.6 is 0 Å². The first-order chi connectivity index (χ1) is 11.1. The molecule has 132 valence electrons. The first-order valence-corrected chi connectivity index (χ1v) is 9.16. The number of methoxy groups -OCH3 is 1. The van der Waals surface area contributed by atoms with Crippen molar-refractivity contribution in [2.24, 2.45) is 11.3 Å². The molecule has 1 aliphatic carbocycles. The van der Waals surface area contributed by atoms with Gasteiger partial charge < -0.3 is 9.84 Å². The summed E-state index contributed by atoms with van der Waals surface area (Å²) < 4.78 is 5.19. The molecule has 0 aromatic rings. The molecule has 0 saturated carbocycles. The Morgan fingerprint density at radius 2 is 1.87 bits per heavy atom. The van der Waals surface area contributed by atoms with E-state index in [1.807, 2.05) is 19.1 Å². The van der Waals surface area contributed by atoms with Crippen LogP contribution in [-0.2, 0) is 9.53 Å². The van der Waals surface area contributed by atoms with Crippen LogP contribution in [0.3, 0.4) is 0 Å². The Balaban J connectivity index is 2.59. The van der Waals surface area contributed by atoms with Crippen molar-refractivity contribution in [3.63, 3.8) is 0 Å². The number of carboxylic acids is 1. The van der Waals surface area contributed by atoms with Crippen molar-refractivity contribution >= 4 is 5.97 Å². The topological polar surface area (TPSA) is 46.5 Å². The Bertz CT molecular complexity index is 411. The molecule has 1 rings (SSSR count). The van der Waals surface area contributed by atoms with E-state index in [0.717, 1.165) is 31.3 Å². The van der Waals surface area contributed by atoms with Crippen LogP contribution in [0.5, 0.6) is 0 Å². The first kappa shape index (κ1) is 20.0. The van der Waals surface area contributed by atoms with Crippen molar-refractivity contribution < 1.29 is 14.6 Å². The molecule has 0 bridgehead atoms. The maximum absolute atomic E-state index is 12.0. The Morgan fingerprint density at radius 1 is 1.22 bits per heavy atom. The number of hydrogen-bond donors (Lipinski definition) is 1. The number of ether oxygens (including phenoxy) is 1. The van der Waals surface area contributed by atoms with Crippen LogP contribution in [0.25, 0.3) is 0 Å². The normalized spacial score (nSPS) is 23.8. The molecule has 3 heteroatoms. The Labute approximate surface area is 141 Å². The molecule has 0 saturated heterocycles. The molecule has 0 radical (unpaired) electrons. The summed E-state index contributed by atoms with van der Waals surface area (Å²) in [6.45, 7) is 4.87. The number of hydrogen-bond acceptors (Lipinski definition) is 2. The van der Waals surface area contributed by atoms with Gasteiger partial charge >= 0.3 is 5.97 Å². The molecule has 0 aliphatic heterocycles. The van der Waals surface area contributed by atoms with Gasteiger partial charge in [-0.25, -0.2) is 0 Å². The van der Waals surface area contributed by atoms with Gasteiger partial charge in [-0.3, -0.25) is 4.79 Å². The standard InChI is InChI=1S/C20H34O3/c1-4-5-6-7-8-9-10-13-20(19(21)22)14-11-17(2)16-18(20)12-15-23-3/h11,14,16,18H,4-10,12-13,15H2,1-3H3,(H,21,22). The minimum absolute atomic E-state index is 0.0324. The summed E-state index contributed by atoms with van der Waals surface area (Å²) in [5, 5.41) is 9.90. The van der Waals surface area contributed by atoms with Gasteiger partial charge in [0.15, 0.2) is 0 Å². The average molecular weight is 322 g/mol. The van der Waals surface area contributed by atoms with E-state index in [1.54, 1.807) is 7.11 Å². The lowest BCUT2D eigenvalue weighted by molar-refractivity contribution is -0.149. The Kier molecular flexibility index (Phi) is 9.23. The van der Waals surface area contributed by atoms with Crippen LogP contribution in [0.1, 0.15) is 71.6 Å². The van der Waals surface area contributed by atoms with Crippen molar-refractivity contribution in [3.05, 3.63) is 23.8 Å². The Hall–Kier alpha value is -1.09. The van der Waals surface area contributed by atoms with E-state index in [1.165, 1.54) is 32.1 Å². The van der Waals surface area contributed by atoms with E-state index >= 15 is 0 Å². The van der Waals surface area contributed by atoms with E-state index in [2.05, 4.69) is 13.0 Å². The highest BCUT2D eigenvalue weighted by Crippen LogP contribution is 2.42. The highest BCUT2D eigenvalue weighted by molar-refractivity contribution is 5.78. The monoisotopic (exact) mass is 322 g/mol. The molecule has 1 aliphatic rings. The Morgan fingerprint density at radius 3 is 2.48 bits per heavy atom. The number of aliphatic carboxylic acids is 1. The zero-order valence-electron chi connectivity index (χ0n) is 15.1. The fourth-order valence-electron chi connectivity index (χ4n) is 3.49. The molecule has 0 aromatic carbocycles. The molecular weight excluding hydrogens is 288 g/mol. The lowest BCUT2D eigenvalue weighted by Gasteiger charge is -2.36. The SMILES string of the molecule is CCCCCCCCCC1(C(=O)O)C=CC(C)=CC1CCOC. The molecule has 3 nitrogen and oxygen atoms in total. The summed E-state index contributed by atoms with van der Waals surface area (Å²) in [6, 6.07) is 0. The summed E-state index contributed by atoms with van der Waals surface area (Å²) >= 11 is 0. The molecular formula is C20H34O3. The lowest BCUT2D eigenvalue weighted by atomic mass is 9.67. The van der Waals surface area contributed by atoms with E-state index in [9.17, 15) is 9.90 Å². The highest BCUT2D eigenvalue weighted by atomic mass is 16.5. The fraction of sp³-hybridized carbons (Fsp3) is 0.750. The van der Waals surface area contributed by atoms with E-state index in [-0.39, 0.29) is 5.92 Å². The number of rotatable bonds is 12. The molecule has 0 amide bonds. The predicted octanol–water partition coefficient (Wildman–Crippen LogP) is 5.37. The van der Waals surface area contributed by atoms with Crippen molar-refractivity contribution in [2.45, 2.75) is 71.6 Å². The highest BCUT2D eigenvalue weighted by Gasteiger charge is 2.43. The van der Waals surface area contributed by atoms with Crippen molar-refractivity contribution in [2.75, 3.05) is 13.7 Å². The van der Waals surface area contributed by atoms with Crippen molar-refractivity contribution in [1.82, 2.24) is 0 Å². The summed E-state index contributed by atoms with van der Waals surface area (Å²) in [5.74, 6) is -0.658. The van der Waals surface area contributed by atoms with Crippen LogP contribution < -0.4 is 0 Å². The average Bonchev–Trinajstić information content (AvgIpc) is 2.53. The van der Waals surface area contributed by atoms with Crippen LogP contribution in [0.15, 0.2) is 23.8 Å². The minimum atomic E-state index is -0.749. The van der Waals surface area contributed by atoms with Gasteiger partial charge in [0.25, 0.3) is 0 Å². The summed E-state index contributed by atoms with van der Waals surface area (Å²) in [5.41, 5.74) is 0.407. The van der Waals surface area contributed by atoms with Gasteiger partial charge in [-0.15, -0.1) is 0 Å². The van der Waals surface area contributed by atoms with Gasteiger partial charge in [-0.2, -0.15) is 0 Å². The zero-order chi connectivity index (χ0) is 17.1. The molecule has 0 heterocycles.